The van der Waals surface area contributed by atoms with Crippen LogP contribution in [0.4, 0.5) is 0 Å². The van der Waals surface area contributed by atoms with Gasteiger partial charge >= 0.3 is 0 Å². The van der Waals surface area contributed by atoms with E-state index >= 15 is 0 Å². The van der Waals surface area contributed by atoms with Crippen molar-refractivity contribution >= 4 is 33.2 Å². The molecule has 1 N–H and O–H groups in total. The van der Waals surface area contributed by atoms with Crippen molar-refractivity contribution in [2.45, 2.75) is 37.8 Å². The van der Waals surface area contributed by atoms with Crippen LogP contribution in [-0.2, 0) is 16.6 Å². The van der Waals surface area contributed by atoms with Crippen molar-refractivity contribution in [3.8, 4) is 0 Å². The predicted molar refractivity (Wildman–Crippen MR) is 106 cm³/mol. The van der Waals surface area contributed by atoms with Crippen LogP contribution in [0.1, 0.15) is 25.8 Å². The van der Waals surface area contributed by atoms with Crippen LogP contribution >= 0.6 is 23.2 Å². The number of aliphatic hydroxyl groups excluding tert-OH is 1. The van der Waals surface area contributed by atoms with Gasteiger partial charge in [-0.05, 0) is 47.9 Å². The zero-order chi connectivity index (χ0) is 19.3. The fourth-order valence-corrected chi connectivity index (χ4v) is 4.67. The summed E-state index contributed by atoms with van der Waals surface area (Å²) in [6.07, 6.45) is 0.748. The summed E-state index contributed by atoms with van der Waals surface area (Å²) in [6, 6.07) is 12.6. The molecular formula is C19H23Cl2NO3S. The lowest BCUT2D eigenvalue weighted by molar-refractivity contribution is 0.139. The van der Waals surface area contributed by atoms with Crippen LogP contribution in [0.3, 0.4) is 0 Å². The number of aliphatic hydroxyl groups is 1. The smallest absolute Gasteiger partial charge is 0.243 e. The zero-order valence-corrected chi connectivity index (χ0v) is 17.1. The summed E-state index contributed by atoms with van der Waals surface area (Å²) >= 11 is 11.8. The number of halogens is 2. The lowest BCUT2D eigenvalue weighted by Crippen LogP contribution is -2.45. The molecule has 2 aromatic rings. The summed E-state index contributed by atoms with van der Waals surface area (Å²) in [7, 11) is -3.81. The Hall–Kier alpha value is -1.11. The molecule has 0 aliphatic heterocycles. The molecule has 4 nitrogen and oxygen atoms in total. The maximum Gasteiger partial charge on any atom is 0.243 e. The first kappa shape index (κ1) is 21.2. The third-order valence-electron chi connectivity index (χ3n) is 4.53. The normalized spacial score (nSPS) is 14.4. The van der Waals surface area contributed by atoms with Gasteiger partial charge in [0.1, 0.15) is 0 Å². The van der Waals surface area contributed by atoms with E-state index in [9.17, 15) is 13.5 Å². The third-order valence-corrected chi connectivity index (χ3v) is 6.92. The van der Waals surface area contributed by atoms with Crippen LogP contribution in [0.25, 0.3) is 0 Å². The maximum absolute atomic E-state index is 13.3. The van der Waals surface area contributed by atoms with Crippen molar-refractivity contribution in [1.29, 1.82) is 0 Å². The molecule has 0 radical (unpaired) electrons. The van der Waals surface area contributed by atoms with Gasteiger partial charge in [0.2, 0.25) is 10.0 Å². The summed E-state index contributed by atoms with van der Waals surface area (Å²) in [5.41, 5.74) is 0.800. The molecule has 0 aliphatic rings. The Bertz CT molecular complexity index is 808. The number of sulfonamides is 1. The third kappa shape index (κ3) is 4.99. The van der Waals surface area contributed by atoms with Gasteiger partial charge in [-0.2, -0.15) is 4.31 Å². The van der Waals surface area contributed by atoms with E-state index in [-0.39, 0.29) is 24.0 Å². The minimum Gasteiger partial charge on any atom is -0.395 e. The zero-order valence-electron chi connectivity index (χ0n) is 14.8. The van der Waals surface area contributed by atoms with Crippen LogP contribution in [0.2, 0.25) is 10.0 Å². The van der Waals surface area contributed by atoms with Crippen molar-refractivity contribution in [2.24, 2.45) is 5.92 Å². The summed E-state index contributed by atoms with van der Waals surface area (Å²) in [5, 5.41) is 11.0. The van der Waals surface area contributed by atoms with Gasteiger partial charge in [0.15, 0.2) is 0 Å². The number of hydrogen-bond donors (Lipinski definition) is 1. The maximum atomic E-state index is 13.3. The number of nitrogens with zero attached hydrogens (tertiary/aromatic N) is 1. The highest BCUT2D eigenvalue weighted by atomic mass is 35.5. The highest BCUT2D eigenvalue weighted by molar-refractivity contribution is 7.89. The van der Waals surface area contributed by atoms with Gasteiger partial charge in [0.05, 0.1) is 17.5 Å². The second kappa shape index (κ2) is 9.20. The fourth-order valence-electron chi connectivity index (χ4n) is 2.72. The summed E-state index contributed by atoms with van der Waals surface area (Å²) in [4.78, 5) is 0.151. The molecule has 26 heavy (non-hydrogen) atoms. The van der Waals surface area contributed by atoms with Crippen molar-refractivity contribution in [2.75, 3.05) is 6.61 Å². The van der Waals surface area contributed by atoms with E-state index in [0.717, 1.165) is 12.0 Å². The molecule has 2 unspecified atom stereocenters. The molecule has 0 spiro atoms. The van der Waals surface area contributed by atoms with Gasteiger partial charge < -0.3 is 5.11 Å². The highest BCUT2D eigenvalue weighted by Gasteiger charge is 2.33. The Morgan fingerprint density at radius 3 is 1.96 bits per heavy atom. The summed E-state index contributed by atoms with van der Waals surface area (Å²) < 4.78 is 27.9. The topological polar surface area (TPSA) is 57.6 Å². The molecular weight excluding hydrogens is 393 g/mol. The second-order valence-corrected chi connectivity index (χ2v) is 9.03. The minimum absolute atomic E-state index is 0.00521. The quantitative estimate of drug-likeness (QED) is 0.685. The van der Waals surface area contributed by atoms with Crippen LogP contribution in [0, 0.1) is 5.92 Å². The summed E-state index contributed by atoms with van der Waals surface area (Å²) in [6.45, 7) is 3.81. The van der Waals surface area contributed by atoms with Crippen LogP contribution in [-0.4, -0.2) is 30.5 Å². The van der Waals surface area contributed by atoms with Crippen LogP contribution in [0.5, 0.6) is 0 Å². The largest absolute Gasteiger partial charge is 0.395 e. The summed E-state index contributed by atoms with van der Waals surface area (Å²) in [5.74, 6) is -0.00521. The molecule has 2 rings (SSSR count). The first-order chi connectivity index (χ1) is 12.3. The Balaban J connectivity index is 2.47. The van der Waals surface area contributed by atoms with Crippen molar-refractivity contribution in [3.05, 3.63) is 64.1 Å². The highest BCUT2D eigenvalue weighted by Crippen LogP contribution is 2.27. The van der Waals surface area contributed by atoms with Crippen LogP contribution in [0.15, 0.2) is 53.4 Å². The Morgan fingerprint density at radius 2 is 1.50 bits per heavy atom. The molecule has 7 heteroatoms. The lowest BCUT2D eigenvalue weighted by atomic mass is 9.99. The van der Waals surface area contributed by atoms with E-state index < -0.39 is 16.1 Å². The average Bonchev–Trinajstić information content (AvgIpc) is 2.63. The molecule has 0 fully saturated rings. The second-order valence-electron chi connectivity index (χ2n) is 6.27. The molecule has 2 aromatic carbocycles. The van der Waals surface area contributed by atoms with Gasteiger partial charge in [0, 0.05) is 16.6 Å². The lowest BCUT2D eigenvalue weighted by Gasteiger charge is -2.33. The first-order valence-electron chi connectivity index (χ1n) is 8.42. The number of hydrogen-bond acceptors (Lipinski definition) is 3. The molecule has 0 heterocycles. The molecule has 0 saturated heterocycles. The molecule has 0 aliphatic carbocycles. The average molecular weight is 416 g/mol. The van der Waals surface area contributed by atoms with Gasteiger partial charge in [0.25, 0.3) is 0 Å². The van der Waals surface area contributed by atoms with Crippen LogP contribution < -0.4 is 0 Å². The number of rotatable bonds is 8. The van der Waals surface area contributed by atoms with Crippen molar-refractivity contribution < 1.29 is 13.5 Å². The molecule has 0 saturated carbocycles. The fraction of sp³-hybridized carbons (Fsp3) is 0.368. The Labute approximate surface area is 165 Å². The van der Waals surface area contributed by atoms with Crippen molar-refractivity contribution in [1.82, 2.24) is 4.31 Å². The molecule has 0 aromatic heterocycles. The van der Waals surface area contributed by atoms with Gasteiger partial charge in [-0.1, -0.05) is 55.6 Å². The first-order valence-corrected chi connectivity index (χ1v) is 10.6. The van der Waals surface area contributed by atoms with Gasteiger partial charge in [-0.25, -0.2) is 8.42 Å². The monoisotopic (exact) mass is 415 g/mol. The molecule has 0 bridgehead atoms. The predicted octanol–water partition coefficient (Wildman–Crippen LogP) is 4.59. The van der Waals surface area contributed by atoms with Gasteiger partial charge in [-0.3, -0.25) is 0 Å². The van der Waals surface area contributed by atoms with E-state index in [1.165, 1.54) is 16.4 Å². The molecule has 2 atom stereocenters. The molecule has 142 valence electrons. The van der Waals surface area contributed by atoms with E-state index in [0.29, 0.717) is 10.0 Å². The molecule has 0 amide bonds. The van der Waals surface area contributed by atoms with Gasteiger partial charge in [-0.15, -0.1) is 0 Å². The standard InChI is InChI=1S/C19H23Cl2NO3S/c1-3-14(2)19(13-23)22(12-15-4-6-16(20)7-5-15)26(24,25)18-10-8-17(21)9-11-18/h4-11,14,19,23H,3,12-13H2,1-2H3. The van der Waals surface area contributed by atoms with E-state index in [1.54, 1.807) is 36.4 Å². The van der Waals surface area contributed by atoms with Crippen molar-refractivity contribution in [3.63, 3.8) is 0 Å². The van der Waals surface area contributed by atoms with E-state index in [4.69, 9.17) is 23.2 Å². The van der Waals surface area contributed by atoms with E-state index in [2.05, 4.69) is 0 Å². The SMILES string of the molecule is CCC(C)C(CO)N(Cc1ccc(Cl)cc1)S(=O)(=O)c1ccc(Cl)cc1. The Kier molecular flexibility index (Phi) is 7.50. The van der Waals surface area contributed by atoms with E-state index in [1.807, 2.05) is 13.8 Å². The number of benzene rings is 2. The minimum atomic E-state index is -3.81. The Morgan fingerprint density at radius 1 is 1.00 bits per heavy atom.